The number of nitrogen functional groups attached to an aromatic ring is 1. The van der Waals surface area contributed by atoms with Gasteiger partial charge in [-0.05, 0) is 82.1 Å². The number of piperidine rings is 1. The molecule has 198 valence electrons. The molecule has 5 rings (SSSR count). The number of aliphatic imine (C=N–C) groups is 1. The minimum absolute atomic E-state index is 0.255. The summed E-state index contributed by atoms with van der Waals surface area (Å²) in [6.07, 6.45) is 9.43. The molecule has 3 heterocycles. The van der Waals surface area contributed by atoms with Crippen LogP contribution in [0.15, 0.2) is 35.6 Å². The van der Waals surface area contributed by atoms with E-state index in [9.17, 15) is 4.79 Å². The highest BCUT2D eigenvalue weighted by Gasteiger charge is 2.35. The largest absolute Gasteiger partial charge is 0.463 e. The van der Waals surface area contributed by atoms with E-state index in [-0.39, 0.29) is 6.61 Å². The van der Waals surface area contributed by atoms with E-state index in [1.165, 1.54) is 11.9 Å². The number of nitrogens with zero attached hydrogens (tertiary/aromatic N) is 4. The van der Waals surface area contributed by atoms with Crippen LogP contribution in [0.1, 0.15) is 82.3 Å². The van der Waals surface area contributed by atoms with E-state index in [4.69, 9.17) is 20.6 Å². The SMILES string of the molecule is CC1(C)Oc2ncnc(N)c2N=C1c1ccc(C2CCC(CC(=O)N3CCC(CCO)CC3)CC2)cc1. The fraction of sp³-hybridized carbons (Fsp3) is 0.586. The molecule has 37 heavy (non-hydrogen) atoms. The van der Waals surface area contributed by atoms with Gasteiger partial charge in [-0.3, -0.25) is 4.79 Å². The maximum Gasteiger partial charge on any atom is 0.246 e. The minimum Gasteiger partial charge on any atom is -0.463 e. The maximum absolute atomic E-state index is 12.9. The predicted octanol–water partition coefficient (Wildman–Crippen LogP) is 4.64. The van der Waals surface area contributed by atoms with E-state index in [0.717, 1.165) is 69.3 Å². The molecule has 8 nitrogen and oxygen atoms in total. The molecule has 1 aromatic heterocycles. The lowest BCUT2D eigenvalue weighted by Gasteiger charge is -2.34. The first-order chi connectivity index (χ1) is 17.8. The predicted molar refractivity (Wildman–Crippen MR) is 144 cm³/mol. The van der Waals surface area contributed by atoms with Gasteiger partial charge in [-0.2, -0.15) is 4.98 Å². The van der Waals surface area contributed by atoms with Gasteiger partial charge in [0.05, 0.1) is 5.71 Å². The van der Waals surface area contributed by atoms with Crippen LogP contribution in [-0.4, -0.2) is 56.9 Å². The summed E-state index contributed by atoms with van der Waals surface area (Å²) in [5.74, 6) is 2.64. The van der Waals surface area contributed by atoms with Crippen molar-refractivity contribution in [2.75, 3.05) is 25.4 Å². The molecule has 0 bridgehead atoms. The van der Waals surface area contributed by atoms with Gasteiger partial charge in [-0.1, -0.05) is 24.3 Å². The number of anilines is 1. The molecule has 2 fully saturated rings. The molecule has 3 aliphatic rings. The summed E-state index contributed by atoms with van der Waals surface area (Å²) in [6, 6.07) is 8.67. The van der Waals surface area contributed by atoms with Crippen LogP contribution in [-0.2, 0) is 4.79 Å². The van der Waals surface area contributed by atoms with Crippen LogP contribution < -0.4 is 10.5 Å². The lowest BCUT2D eigenvalue weighted by atomic mass is 9.77. The molecule has 1 saturated heterocycles. The number of carbonyl (C=O) groups is 1. The zero-order valence-corrected chi connectivity index (χ0v) is 22.0. The minimum atomic E-state index is -0.631. The van der Waals surface area contributed by atoms with Gasteiger partial charge in [-0.15, -0.1) is 0 Å². The Bertz CT molecular complexity index is 1130. The van der Waals surface area contributed by atoms with E-state index in [0.29, 0.717) is 47.5 Å². The first kappa shape index (κ1) is 25.6. The number of rotatable bonds is 6. The van der Waals surface area contributed by atoms with Crippen LogP contribution >= 0.6 is 0 Å². The number of hydrogen-bond donors (Lipinski definition) is 2. The highest BCUT2D eigenvalue weighted by molar-refractivity contribution is 6.09. The third-order valence-corrected chi connectivity index (χ3v) is 8.43. The second-order valence-corrected chi connectivity index (χ2v) is 11.4. The zero-order chi connectivity index (χ0) is 26.0. The summed E-state index contributed by atoms with van der Waals surface area (Å²) in [7, 11) is 0. The molecule has 1 aromatic carbocycles. The number of hydrogen-bond acceptors (Lipinski definition) is 7. The number of fused-ring (bicyclic) bond motifs is 1. The van der Waals surface area contributed by atoms with Crippen molar-refractivity contribution in [2.45, 2.75) is 76.7 Å². The van der Waals surface area contributed by atoms with Crippen molar-refractivity contribution in [3.8, 4) is 5.88 Å². The molecule has 8 heteroatoms. The average Bonchev–Trinajstić information content (AvgIpc) is 2.89. The second kappa shape index (κ2) is 10.8. The van der Waals surface area contributed by atoms with Crippen LogP contribution in [0.2, 0.25) is 0 Å². The van der Waals surface area contributed by atoms with Gasteiger partial charge in [0, 0.05) is 31.7 Å². The highest BCUT2D eigenvalue weighted by atomic mass is 16.5. The third kappa shape index (κ3) is 5.64. The van der Waals surface area contributed by atoms with E-state index in [1.54, 1.807) is 0 Å². The molecular weight excluding hydrogens is 466 g/mol. The summed E-state index contributed by atoms with van der Waals surface area (Å²) in [5.41, 5.74) is 9.05. The topological polar surface area (TPSA) is 114 Å². The fourth-order valence-electron chi connectivity index (χ4n) is 6.15. The lowest BCUT2D eigenvalue weighted by Crippen LogP contribution is -2.41. The Hall–Kier alpha value is -3.00. The molecule has 0 unspecified atom stereocenters. The summed E-state index contributed by atoms with van der Waals surface area (Å²) >= 11 is 0. The molecule has 1 aliphatic carbocycles. The van der Waals surface area contributed by atoms with Crippen LogP contribution in [0, 0.1) is 11.8 Å². The molecule has 1 amide bonds. The third-order valence-electron chi connectivity index (χ3n) is 8.43. The quantitative estimate of drug-likeness (QED) is 0.591. The number of carbonyl (C=O) groups excluding carboxylic acids is 1. The van der Waals surface area contributed by atoms with Crippen molar-refractivity contribution in [3.05, 3.63) is 41.7 Å². The number of aliphatic hydroxyl groups is 1. The second-order valence-electron chi connectivity index (χ2n) is 11.4. The summed E-state index contributed by atoms with van der Waals surface area (Å²) in [5, 5.41) is 9.15. The van der Waals surface area contributed by atoms with Crippen LogP contribution in [0.5, 0.6) is 5.88 Å². The Morgan fingerprint density at radius 1 is 1.05 bits per heavy atom. The molecule has 2 aliphatic heterocycles. The Labute approximate surface area is 219 Å². The first-order valence-corrected chi connectivity index (χ1v) is 13.7. The molecule has 1 saturated carbocycles. The molecule has 0 radical (unpaired) electrons. The zero-order valence-electron chi connectivity index (χ0n) is 22.0. The van der Waals surface area contributed by atoms with Crippen molar-refractivity contribution in [2.24, 2.45) is 16.8 Å². The van der Waals surface area contributed by atoms with Crippen molar-refractivity contribution >= 4 is 23.1 Å². The standard InChI is InChI=1S/C29H39N5O3/c1-29(2)26(33-25-27(30)31-18-32-28(25)37-29)23-9-7-22(8-10-23)21-5-3-20(4-6-21)17-24(36)34-14-11-19(12-15-34)13-16-35/h7-10,18-21,35H,3-6,11-17H2,1-2H3,(H2,30,31,32). The molecule has 3 N–H and O–H groups in total. The van der Waals surface area contributed by atoms with Gasteiger partial charge in [0.15, 0.2) is 11.5 Å². The molecule has 0 spiro atoms. The van der Waals surface area contributed by atoms with Crippen LogP contribution in [0.25, 0.3) is 0 Å². The van der Waals surface area contributed by atoms with Crippen molar-refractivity contribution in [3.63, 3.8) is 0 Å². The first-order valence-electron chi connectivity index (χ1n) is 13.7. The maximum atomic E-state index is 12.9. The van der Waals surface area contributed by atoms with E-state index in [2.05, 4.69) is 39.1 Å². The van der Waals surface area contributed by atoms with Gasteiger partial charge in [-0.25, -0.2) is 9.98 Å². The summed E-state index contributed by atoms with van der Waals surface area (Å²) < 4.78 is 6.11. The molecule has 2 aromatic rings. The number of nitrogens with two attached hydrogens (primary N) is 1. The van der Waals surface area contributed by atoms with Crippen molar-refractivity contribution in [1.29, 1.82) is 0 Å². The number of aromatic nitrogens is 2. The summed E-state index contributed by atoms with van der Waals surface area (Å²) in [6.45, 7) is 5.93. The Kier molecular flexibility index (Phi) is 7.47. The molecule has 0 atom stereocenters. The molecular formula is C29H39N5O3. The fourth-order valence-corrected chi connectivity index (χ4v) is 6.15. The smallest absolute Gasteiger partial charge is 0.246 e. The number of amides is 1. The normalized spacial score (nSPS) is 23.6. The Morgan fingerprint density at radius 2 is 1.76 bits per heavy atom. The monoisotopic (exact) mass is 505 g/mol. The van der Waals surface area contributed by atoms with Gasteiger partial charge < -0.3 is 20.5 Å². The average molecular weight is 506 g/mol. The van der Waals surface area contributed by atoms with E-state index < -0.39 is 5.60 Å². The van der Waals surface area contributed by atoms with Gasteiger partial charge >= 0.3 is 0 Å². The lowest BCUT2D eigenvalue weighted by molar-refractivity contribution is -0.133. The number of benzene rings is 1. The Balaban J connectivity index is 1.17. The van der Waals surface area contributed by atoms with Crippen LogP contribution in [0.3, 0.4) is 0 Å². The van der Waals surface area contributed by atoms with Crippen molar-refractivity contribution < 1.29 is 14.6 Å². The number of likely N-dealkylation sites (tertiary alicyclic amines) is 1. The Morgan fingerprint density at radius 3 is 2.43 bits per heavy atom. The summed E-state index contributed by atoms with van der Waals surface area (Å²) in [4.78, 5) is 27.9. The van der Waals surface area contributed by atoms with Gasteiger partial charge in [0.1, 0.15) is 11.9 Å². The number of ether oxygens (including phenoxy) is 1. The highest BCUT2D eigenvalue weighted by Crippen LogP contribution is 2.40. The van der Waals surface area contributed by atoms with Crippen LogP contribution in [0.4, 0.5) is 11.5 Å². The number of aliphatic hydroxyl groups excluding tert-OH is 1. The van der Waals surface area contributed by atoms with E-state index in [1.807, 2.05) is 13.8 Å². The van der Waals surface area contributed by atoms with Gasteiger partial charge in [0.2, 0.25) is 11.8 Å². The van der Waals surface area contributed by atoms with Gasteiger partial charge in [0.25, 0.3) is 0 Å². The van der Waals surface area contributed by atoms with E-state index >= 15 is 0 Å². The van der Waals surface area contributed by atoms with Crippen molar-refractivity contribution in [1.82, 2.24) is 14.9 Å².